The predicted molar refractivity (Wildman–Crippen MR) is 116 cm³/mol. The molecule has 4 rings (SSSR count). The lowest BCUT2D eigenvalue weighted by molar-refractivity contribution is -0.118. The smallest absolute Gasteiger partial charge is 0.262 e. The molecule has 0 fully saturated rings. The molecule has 4 aromatic rings. The first-order valence-electron chi connectivity index (χ1n) is 9.36. The van der Waals surface area contributed by atoms with Crippen LogP contribution in [0.3, 0.4) is 0 Å². The van der Waals surface area contributed by atoms with Crippen LogP contribution in [0.25, 0.3) is 22.3 Å². The fraction of sp³-hybridized carbons (Fsp3) is 0.0400. The summed E-state index contributed by atoms with van der Waals surface area (Å²) in [5, 5.41) is 2.86. The van der Waals surface area contributed by atoms with Gasteiger partial charge in [0.15, 0.2) is 6.61 Å². The van der Waals surface area contributed by atoms with E-state index in [2.05, 4.69) is 22.4 Å². The van der Waals surface area contributed by atoms with Gasteiger partial charge in [0.2, 0.25) is 0 Å². The van der Waals surface area contributed by atoms with Gasteiger partial charge in [0, 0.05) is 18.1 Å². The van der Waals surface area contributed by atoms with Crippen LogP contribution in [0.1, 0.15) is 0 Å². The van der Waals surface area contributed by atoms with Crippen molar-refractivity contribution in [2.24, 2.45) is 0 Å². The second-order valence-electron chi connectivity index (χ2n) is 6.55. The third-order valence-electron chi connectivity index (χ3n) is 4.49. The average molecular weight is 380 g/mol. The molecule has 4 heteroatoms. The van der Waals surface area contributed by atoms with Crippen molar-refractivity contribution in [2.45, 2.75) is 0 Å². The zero-order chi connectivity index (χ0) is 19.9. The molecule has 0 bridgehead atoms. The SMILES string of the molecule is O=C(COc1ccc(-c2cccnc2)cc1)Nc1ccc(-c2ccccc2)cc1. The van der Waals surface area contributed by atoms with Gasteiger partial charge in [-0.25, -0.2) is 0 Å². The van der Waals surface area contributed by atoms with E-state index in [0.29, 0.717) is 5.75 Å². The van der Waals surface area contributed by atoms with Gasteiger partial charge >= 0.3 is 0 Å². The fourth-order valence-electron chi connectivity index (χ4n) is 3.00. The van der Waals surface area contributed by atoms with Gasteiger partial charge < -0.3 is 10.1 Å². The summed E-state index contributed by atoms with van der Waals surface area (Å²) in [6.45, 7) is -0.0489. The molecule has 29 heavy (non-hydrogen) atoms. The summed E-state index contributed by atoms with van der Waals surface area (Å²) in [5.74, 6) is 0.445. The number of carbonyl (C=O) groups is 1. The normalized spacial score (nSPS) is 10.3. The number of nitrogens with one attached hydrogen (secondary N) is 1. The summed E-state index contributed by atoms with van der Waals surface area (Å²) >= 11 is 0. The molecule has 0 radical (unpaired) electrons. The third kappa shape index (κ3) is 4.87. The molecular weight excluding hydrogens is 360 g/mol. The molecule has 4 nitrogen and oxygen atoms in total. The number of rotatable bonds is 6. The Hall–Kier alpha value is -3.92. The first kappa shape index (κ1) is 18.4. The summed E-state index contributed by atoms with van der Waals surface area (Å²) in [5.41, 5.74) is 5.08. The molecule has 0 unspecified atom stereocenters. The lowest BCUT2D eigenvalue weighted by Gasteiger charge is -2.09. The number of hydrogen-bond donors (Lipinski definition) is 1. The zero-order valence-electron chi connectivity index (χ0n) is 15.8. The van der Waals surface area contributed by atoms with Crippen LogP contribution in [0.5, 0.6) is 5.75 Å². The summed E-state index contributed by atoms with van der Waals surface area (Å²) in [6, 6.07) is 29.4. The van der Waals surface area contributed by atoms with Crippen molar-refractivity contribution in [3.8, 4) is 28.0 Å². The summed E-state index contributed by atoms with van der Waals surface area (Å²) < 4.78 is 5.60. The second-order valence-corrected chi connectivity index (χ2v) is 6.55. The summed E-state index contributed by atoms with van der Waals surface area (Å²) in [7, 11) is 0. The minimum atomic E-state index is -0.200. The van der Waals surface area contributed by atoms with Gasteiger partial charge in [0.1, 0.15) is 5.75 Å². The molecular formula is C25H20N2O2. The highest BCUT2D eigenvalue weighted by Gasteiger charge is 2.05. The molecule has 1 heterocycles. The Bertz CT molecular complexity index is 1060. The van der Waals surface area contributed by atoms with Crippen LogP contribution in [-0.4, -0.2) is 17.5 Å². The maximum absolute atomic E-state index is 12.2. The quantitative estimate of drug-likeness (QED) is 0.485. The largest absolute Gasteiger partial charge is 0.484 e. The van der Waals surface area contributed by atoms with E-state index in [4.69, 9.17) is 4.74 Å². The van der Waals surface area contributed by atoms with Crippen LogP contribution >= 0.6 is 0 Å². The van der Waals surface area contributed by atoms with Crippen molar-refractivity contribution < 1.29 is 9.53 Å². The molecule has 0 aliphatic heterocycles. The van der Waals surface area contributed by atoms with E-state index in [9.17, 15) is 4.79 Å². The van der Waals surface area contributed by atoms with E-state index >= 15 is 0 Å². The van der Waals surface area contributed by atoms with Crippen LogP contribution in [0.2, 0.25) is 0 Å². The Labute approximate surface area is 169 Å². The van der Waals surface area contributed by atoms with E-state index in [1.807, 2.05) is 85.1 Å². The topological polar surface area (TPSA) is 51.2 Å². The van der Waals surface area contributed by atoms with Crippen LogP contribution < -0.4 is 10.1 Å². The van der Waals surface area contributed by atoms with Crippen molar-refractivity contribution in [2.75, 3.05) is 11.9 Å². The Morgan fingerprint density at radius 3 is 2.03 bits per heavy atom. The van der Waals surface area contributed by atoms with Crippen molar-refractivity contribution in [1.82, 2.24) is 4.98 Å². The number of carbonyl (C=O) groups excluding carboxylic acids is 1. The van der Waals surface area contributed by atoms with Gasteiger partial charge in [-0.2, -0.15) is 0 Å². The number of hydrogen-bond acceptors (Lipinski definition) is 3. The Kier molecular flexibility index (Phi) is 5.63. The lowest BCUT2D eigenvalue weighted by atomic mass is 10.1. The van der Waals surface area contributed by atoms with Crippen LogP contribution in [-0.2, 0) is 4.79 Å². The highest BCUT2D eigenvalue weighted by atomic mass is 16.5. The van der Waals surface area contributed by atoms with Gasteiger partial charge in [0.05, 0.1) is 0 Å². The van der Waals surface area contributed by atoms with Gasteiger partial charge in [-0.1, -0.05) is 60.7 Å². The first-order chi connectivity index (χ1) is 14.3. The maximum Gasteiger partial charge on any atom is 0.262 e. The zero-order valence-corrected chi connectivity index (χ0v) is 15.8. The highest BCUT2D eigenvalue weighted by molar-refractivity contribution is 5.92. The number of aromatic nitrogens is 1. The number of amides is 1. The molecule has 0 saturated heterocycles. The monoisotopic (exact) mass is 380 g/mol. The first-order valence-corrected chi connectivity index (χ1v) is 9.36. The minimum Gasteiger partial charge on any atom is -0.484 e. The van der Waals surface area contributed by atoms with Crippen molar-refractivity contribution >= 4 is 11.6 Å². The second kappa shape index (κ2) is 8.85. The predicted octanol–water partition coefficient (Wildman–Crippen LogP) is 5.43. The minimum absolute atomic E-state index is 0.0489. The number of anilines is 1. The third-order valence-corrected chi connectivity index (χ3v) is 4.49. The van der Waals surface area contributed by atoms with E-state index in [1.165, 1.54) is 0 Å². The van der Waals surface area contributed by atoms with Gasteiger partial charge in [-0.15, -0.1) is 0 Å². The molecule has 0 saturated carbocycles. The maximum atomic E-state index is 12.2. The van der Waals surface area contributed by atoms with E-state index in [-0.39, 0.29) is 12.5 Å². The molecule has 0 atom stereocenters. The molecule has 142 valence electrons. The Morgan fingerprint density at radius 2 is 1.34 bits per heavy atom. The Balaban J connectivity index is 1.31. The fourth-order valence-corrected chi connectivity index (χ4v) is 3.00. The average Bonchev–Trinajstić information content (AvgIpc) is 2.80. The van der Waals surface area contributed by atoms with Crippen LogP contribution in [0.15, 0.2) is 103 Å². The summed E-state index contributed by atoms with van der Waals surface area (Å²) in [6.07, 6.45) is 3.56. The standard InChI is InChI=1S/C25H20N2O2/c28-25(27-23-12-8-20(9-13-23)19-5-2-1-3-6-19)18-29-24-14-10-21(11-15-24)22-7-4-16-26-17-22/h1-17H,18H2,(H,27,28). The number of benzene rings is 3. The van der Waals surface area contributed by atoms with Gasteiger partial charge in [0.25, 0.3) is 5.91 Å². The van der Waals surface area contributed by atoms with E-state index in [1.54, 1.807) is 6.20 Å². The lowest BCUT2D eigenvalue weighted by Crippen LogP contribution is -2.20. The highest BCUT2D eigenvalue weighted by Crippen LogP contribution is 2.22. The molecule has 1 aromatic heterocycles. The van der Waals surface area contributed by atoms with Crippen LogP contribution in [0, 0.1) is 0 Å². The molecule has 0 aliphatic carbocycles. The van der Waals surface area contributed by atoms with Crippen molar-refractivity contribution in [3.63, 3.8) is 0 Å². The van der Waals surface area contributed by atoms with Crippen LogP contribution in [0.4, 0.5) is 5.69 Å². The van der Waals surface area contributed by atoms with Crippen molar-refractivity contribution in [3.05, 3.63) is 103 Å². The number of ether oxygens (including phenoxy) is 1. The molecule has 0 aliphatic rings. The van der Waals surface area contributed by atoms with E-state index in [0.717, 1.165) is 27.9 Å². The molecule has 1 N–H and O–H groups in total. The van der Waals surface area contributed by atoms with Gasteiger partial charge in [-0.3, -0.25) is 9.78 Å². The number of pyridine rings is 1. The molecule has 0 spiro atoms. The number of nitrogens with zero attached hydrogens (tertiary/aromatic N) is 1. The Morgan fingerprint density at radius 1 is 0.724 bits per heavy atom. The molecule has 1 amide bonds. The molecule has 3 aromatic carbocycles. The summed E-state index contributed by atoms with van der Waals surface area (Å²) in [4.78, 5) is 16.3. The van der Waals surface area contributed by atoms with Gasteiger partial charge in [-0.05, 0) is 52.6 Å². The van der Waals surface area contributed by atoms with E-state index < -0.39 is 0 Å². The van der Waals surface area contributed by atoms with Crippen molar-refractivity contribution in [1.29, 1.82) is 0 Å².